The third kappa shape index (κ3) is 4.99. The first-order chi connectivity index (χ1) is 10.6. The van der Waals surface area contributed by atoms with E-state index in [-0.39, 0.29) is 0 Å². The fraction of sp³-hybridized carbons (Fsp3) is 0.500. The van der Waals surface area contributed by atoms with Gasteiger partial charge in [0.2, 0.25) is 0 Å². The highest BCUT2D eigenvalue weighted by Gasteiger charge is 2.04. The lowest BCUT2D eigenvalue weighted by Gasteiger charge is -2.10. The van der Waals surface area contributed by atoms with Crippen molar-refractivity contribution in [1.82, 2.24) is 30.2 Å². The number of hydrogen-bond acceptors (Lipinski definition) is 3. The Bertz CT molecular complexity index is 621. The molecule has 0 radical (unpaired) electrons. The van der Waals surface area contributed by atoms with Crippen LogP contribution in [-0.4, -0.2) is 31.2 Å². The standard InChI is InChI=1S/C14H21ClN6S/c1-3-20-9-12(11(2)19-20)7-17-14(22)16-5-4-6-21-10-13(15)8-18-21/h8-10H,3-7H2,1-2H3,(H2,16,17,22). The van der Waals surface area contributed by atoms with Crippen molar-refractivity contribution in [2.24, 2.45) is 0 Å². The summed E-state index contributed by atoms with van der Waals surface area (Å²) in [7, 11) is 0. The van der Waals surface area contributed by atoms with Gasteiger partial charge in [-0.05, 0) is 32.5 Å². The van der Waals surface area contributed by atoms with Crippen molar-refractivity contribution in [3.05, 3.63) is 34.9 Å². The topological polar surface area (TPSA) is 59.7 Å². The first-order valence-corrected chi connectivity index (χ1v) is 8.09. The number of hydrogen-bond donors (Lipinski definition) is 2. The molecule has 2 N–H and O–H groups in total. The second kappa shape index (κ2) is 8.14. The highest BCUT2D eigenvalue weighted by Crippen LogP contribution is 2.05. The SMILES string of the molecule is CCn1cc(CNC(=S)NCCCn2cc(Cl)cn2)c(C)n1. The number of aromatic nitrogens is 4. The Morgan fingerprint density at radius 2 is 2.14 bits per heavy atom. The van der Waals surface area contributed by atoms with E-state index in [0.29, 0.717) is 16.7 Å². The molecule has 0 aliphatic rings. The molecule has 6 nitrogen and oxygen atoms in total. The van der Waals surface area contributed by atoms with Gasteiger partial charge in [-0.3, -0.25) is 9.36 Å². The Labute approximate surface area is 140 Å². The first kappa shape index (κ1) is 16.8. The van der Waals surface area contributed by atoms with Crippen molar-refractivity contribution in [3.8, 4) is 0 Å². The minimum Gasteiger partial charge on any atom is -0.363 e. The van der Waals surface area contributed by atoms with Crippen LogP contribution in [0.1, 0.15) is 24.6 Å². The van der Waals surface area contributed by atoms with Crippen molar-refractivity contribution >= 4 is 28.9 Å². The maximum absolute atomic E-state index is 5.81. The molecule has 0 bridgehead atoms. The summed E-state index contributed by atoms with van der Waals surface area (Å²) in [6.45, 7) is 7.24. The molecule has 0 amide bonds. The number of halogens is 1. The number of nitrogens with one attached hydrogen (secondary N) is 2. The van der Waals surface area contributed by atoms with Crippen LogP contribution in [0.15, 0.2) is 18.6 Å². The highest BCUT2D eigenvalue weighted by molar-refractivity contribution is 7.80. The van der Waals surface area contributed by atoms with Gasteiger partial charge in [0.1, 0.15) is 0 Å². The van der Waals surface area contributed by atoms with E-state index in [9.17, 15) is 0 Å². The summed E-state index contributed by atoms with van der Waals surface area (Å²) in [5.74, 6) is 0. The van der Waals surface area contributed by atoms with Gasteiger partial charge in [-0.25, -0.2) is 0 Å². The average molecular weight is 341 g/mol. The van der Waals surface area contributed by atoms with Gasteiger partial charge in [-0.15, -0.1) is 0 Å². The maximum atomic E-state index is 5.81. The Morgan fingerprint density at radius 3 is 2.77 bits per heavy atom. The lowest BCUT2D eigenvalue weighted by Crippen LogP contribution is -2.35. The predicted molar refractivity (Wildman–Crippen MR) is 91.9 cm³/mol. The quantitative estimate of drug-likeness (QED) is 0.597. The third-order valence-corrected chi connectivity index (χ3v) is 3.75. The lowest BCUT2D eigenvalue weighted by molar-refractivity contribution is 0.571. The molecule has 2 aromatic rings. The molecule has 120 valence electrons. The van der Waals surface area contributed by atoms with E-state index in [1.807, 2.05) is 28.7 Å². The smallest absolute Gasteiger partial charge is 0.166 e. The summed E-state index contributed by atoms with van der Waals surface area (Å²) in [5.41, 5.74) is 2.20. The zero-order valence-corrected chi connectivity index (χ0v) is 14.4. The van der Waals surface area contributed by atoms with Gasteiger partial charge in [-0.1, -0.05) is 11.6 Å². The van der Waals surface area contributed by atoms with Crippen molar-refractivity contribution in [2.75, 3.05) is 6.54 Å². The summed E-state index contributed by atoms with van der Waals surface area (Å²) in [6, 6.07) is 0. The normalized spacial score (nSPS) is 10.7. The number of thiocarbonyl (C=S) groups is 1. The van der Waals surface area contributed by atoms with Gasteiger partial charge in [0.15, 0.2) is 5.11 Å². The number of nitrogens with zero attached hydrogens (tertiary/aromatic N) is 4. The molecule has 2 aromatic heterocycles. The summed E-state index contributed by atoms with van der Waals surface area (Å²) < 4.78 is 3.75. The molecule has 0 aromatic carbocycles. The Balaban J connectivity index is 1.64. The van der Waals surface area contributed by atoms with Gasteiger partial charge >= 0.3 is 0 Å². The van der Waals surface area contributed by atoms with E-state index in [1.54, 1.807) is 6.20 Å². The van der Waals surface area contributed by atoms with Crippen LogP contribution in [0.2, 0.25) is 5.02 Å². The lowest BCUT2D eigenvalue weighted by atomic mass is 10.3. The molecule has 0 spiro atoms. The second-order valence-corrected chi connectivity index (χ2v) is 5.82. The van der Waals surface area contributed by atoms with Gasteiger partial charge < -0.3 is 10.6 Å². The van der Waals surface area contributed by atoms with Gasteiger partial charge in [0.05, 0.1) is 16.9 Å². The molecule has 0 fully saturated rings. The molecule has 2 rings (SSSR count). The van der Waals surface area contributed by atoms with Crippen LogP contribution in [0, 0.1) is 6.92 Å². The van der Waals surface area contributed by atoms with E-state index < -0.39 is 0 Å². The van der Waals surface area contributed by atoms with Crippen LogP contribution >= 0.6 is 23.8 Å². The minimum absolute atomic E-state index is 0.655. The van der Waals surface area contributed by atoms with Crippen molar-refractivity contribution in [1.29, 1.82) is 0 Å². The first-order valence-electron chi connectivity index (χ1n) is 7.31. The van der Waals surface area contributed by atoms with Gasteiger partial charge in [-0.2, -0.15) is 10.2 Å². The summed E-state index contributed by atoms with van der Waals surface area (Å²) >= 11 is 11.1. The summed E-state index contributed by atoms with van der Waals surface area (Å²) in [6.07, 6.45) is 6.42. The van der Waals surface area contributed by atoms with Crippen LogP contribution < -0.4 is 10.6 Å². The molecule has 0 atom stereocenters. The van der Waals surface area contributed by atoms with Crippen molar-refractivity contribution < 1.29 is 0 Å². The second-order valence-electron chi connectivity index (χ2n) is 4.98. The fourth-order valence-electron chi connectivity index (χ4n) is 2.04. The Kier molecular flexibility index (Phi) is 6.21. The molecular weight excluding hydrogens is 320 g/mol. The fourth-order valence-corrected chi connectivity index (χ4v) is 2.37. The molecule has 0 saturated heterocycles. The molecule has 2 heterocycles. The average Bonchev–Trinajstić information content (AvgIpc) is 3.07. The van der Waals surface area contributed by atoms with E-state index >= 15 is 0 Å². The zero-order valence-electron chi connectivity index (χ0n) is 12.8. The van der Waals surface area contributed by atoms with Crippen molar-refractivity contribution in [3.63, 3.8) is 0 Å². The summed E-state index contributed by atoms with van der Waals surface area (Å²) in [4.78, 5) is 0. The predicted octanol–water partition coefficient (Wildman–Crippen LogP) is 2.12. The minimum atomic E-state index is 0.655. The van der Waals surface area contributed by atoms with Crippen LogP contribution in [-0.2, 0) is 19.6 Å². The van der Waals surface area contributed by atoms with Crippen molar-refractivity contribution in [2.45, 2.75) is 39.9 Å². The van der Waals surface area contributed by atoms with E-state index in [1.165, 1.54) is 0 Å². The van der Waals surface area contributed by atoms with E-state index in [0.717, 1.165) is 37.3 Å². The van der Waals surface area contributed by atoms with E-state index in [4.69, 9.17) is 23.8 Å². The molecule has 0 aliphatic heterocycles. The summed E-state index contributed by atoms with van der Waals surface area (Å²) in [5, 5.41) is 16.2. The molecule has 22 heavy (non-hydrogen) atoms. The van der Waals surface area contributed by atoms with E-state index in [2.05, 4.69) is 27.8 Å². The third-order valence-electron chi connectivity index (χ3n) is 3.26. The number of aryl methyl sites for hydroxylation is 3. The monoisotopic (exact) mass is 340 g/mol. The Hall–Kier alpha value is -1.60. The zero-order chi connectivity index (χ0) is 15.9. The Morgan fingerprint density at radius 1 is 1.32 bits per heavy atom. The van der Waals surface area contributed by atoms with Crippen LogP contribution in [0.4, 0.5) is 0 Å². The highest BCUT2D eigenvalue weighted by atomic mass is 35.5. The van der Waals surface area contributed by atoms with Crippen LogP contribution in [0.5, 0.6) is 0 Å². The molecular formula is C14H21ClN6S. The van der Waals surface area contributed by atoms with Crippen LogP contribution in [0.3, 0.4) is 0 Å². The molecule has 8 heteroatoms. The van der Waals surface area contributed by atoms with Gasteiger partial charge in [0, 0.05) is 44.1 Å². The molecule has 0 unspecified atom stereocenters. The number of rotatable bonds is 7. The molecule has 0 saturated carbocycles. The maximum Gasteiger partial charge on any atom is 0.166 e. The van der Waals surface area contributed by atoms with Gasteiger partial charge in [0.25, 0.3) is 0 Å². The van der Waals surface area contributed by atoms with Crippen LogP contribution in [0.25, 0.3) is 0 Å². The molecule has 0 aliphatic carbocycles. The largest absolute Gasteiger partial charge is 0.363 e.